The minimum absolute atomic E-state index is 0.202. The molecule has 0 amide bonds. The molecule has 9 nitrogen and oxygen atoms in total. The third-order valence-electron chi connectivity index (χ3n) is 7.23. The second-order valence-electron chi connectivity index (χ2n) is 9.78. The van der Waals surface area contributed by atoms with Crippen molar-refractivity contribution in [3.8, 4) is 11.4 Å². The summed E-state index contributed by atoms with van der Waals surface area (Å²) in [5.74, 6) is -0.256. The van der Waals surface area contributed by atoms with Crippen LogP contribution in [0.5, 0.6) is 5.75 Å². The molecule has 0 radical (unpaired) electrons. The van der Waals surface area contributed by atoms with Crippen LogP contribution in [0.1, 0.15) is 52.8 Å². The summed E-state index contributed by atoms with van der Waals surface area (Å²) in [7, 11) is 2.94. The van der Waals surface area contributed by atoms with Gasteiger partial charge < -0.3 is 18.8 Å². The van der Waals surface area contributed by atoms with Crippen LogP contribution in [0.4, 0.5) is 0 Å². The Labute approximate surface area is 246 Å². The molecule has 10 heteroatoms. The molecule has 1 unspecified atom stereocenters. The molecule has 0 saturated carbocycles. The first-order valence-corrected chi connectivity index (χ1v) is 14.2. The van der Waals surface area contributed by atoms with Gasteiger partial charge in [0.2, 0.25) is 0 Å². The van der Waals surface area contributed by atoms with Crippen LogP contribution in [0.2, 0.25) is 0 Å². The normalized spacial score (nSPS) is 14.8. The number of aryl methyl sites for hydroxylation is 1. The molecule has 1 aliphatic heterocycles. The largest absolute Gasteiger partial charge is 0.497 e. The first-order valence-electron chi connectivity index (χ1n) is 13.4. The number of rotatable bonds is 7. The molecule has 0 bridgehead atoms. The van der Waals surface area contributed by atoms with Gasteiger partial charge in [-0.3, -0.25) is 9.36 Å². The maximum atomic E-state index is 14.0. The molecule has 1 aliphatic rings. The zero-order valence-electron chi connectivity index (χ0n) is 24.3. The Kier molecular flexibility index (Phi) is 8.00. The molecule has 4 aromatic rings. The van der Waals surface area contributed by atoms with Crippen LogP contribution in [-0.2, 0) is 14.3 Å². The first-order chi connectivity index (χ1) is 20.2. The van der Waals surface area contributed by atoms with E-state index in [1.807, 2.05) is 48.8 Å². The molecule has 0 saturated heterocycles. The molecule has 3 heterocycles. The lowest BCUT2D eigenvalue weighted by Gasteiger charge is -2.24. The van der Waals surface area contributed by atoms with Crippen LogP contribution < -0.4 is 19.6 Å². The molecule has 1 atom stereocenters. The Morgan fingerprint density at radius 1 is 1.02 bits per heavy atom. The van der Waals surface area contributed by atoms with Crippen LogP contribution in [0.15, 0.2) is 75.7 Å². The van der Waals surface area contributed by atoms with E-state index in [0.29, 0.717) is 31.9 Å². The summed E-state index contributed by atoms with van der Waals surface area (Å²) in [4.78, 5) is 44.4. The van der Waals surface area contributed by atoms with Crippen LogP contribution >= 0.6 is 11.3 Å². The second-order valence-corrected chi connectivity index (χ2v) is 10.8. The molecule has 42 heavy (non-hydrogen) atoms. The van der Waals surface area contributed by atoms with Gasteiger partial charge >= 0.3 is 11.9 Å². The van der Waals surface area contributed by atoms with Gasteiger partial charge in [-0.1, -0.05) is 29.5 Å². The van der Waals surface area contributed by atoms with Crippen LogP contribution in [0.3, 0.4) is 0 Å². The van der Waals surface area contributed by atoms with Crippen LogP contribution in [0, 0.1) is 13.8 Å². The topological polar surface area (TPSA) is 101 Å². The summed E-state index contributed by atoms with van der Waals surface area (Å²) in [5.41, 5.74) is 5.25. The van der Waals surface area contributed by atoms with Crippen molar-refractivity contribution < 1.29 is 23.8 Å². The Balaban J connectivity index is 1.66. The highest BCUT2D eigenvalue weighted by atomic mass is 32.1. The van der Waals surface area contributed by atoms with Crippen molar-refractivity contribution in [1.82, 2.24) is 9.13 Å². The van der Waals surface area contributed by atoms with Crippen LogP contribution in [0.25, 0.3) is 11.8 Å². The molecular weight excluding hydrogens is 554 g/mol. The fraction of sp³-hybridized carbons (Fsp3) is 0.250. The SMILES string of the molecule is CCOC(=O)C1=C(C)N=c2s/c(=C\c3cc(C)n(-c4cccc(C(=O)OC)c4)c3C)c(=O)n2C1c1ccc(OC)cc1. The van der Waals surface area contributed by atoms with Gasteiger partial charge in [0, 0.05) is 17.1 Å². The van der Waals surface area contributed by atoms with E-state index in [1.165, 1.54) is 18.4 Å². The van der Waals surface area contributed by atoms with Gasteiger partial charge in [-0.05, 0) is 81.3 Å². The zero-order valence-corrected chi connectivity index (χ0v) is 25.1. The fourth-order valence-corrected chi connectivity index (χ4v) is 6.29. The number of hydrogen-bond donors (Lipinski definition) is 0. The predicted molar refractivity (Wildman–Crippen MR) is 160 cm³/mol. The monoisotopic (exact) mass is 585 g/mol. The molecule has 216 valence electrons. The van der Waals surface area contributed by atoms with E-state index < -0.39 is 18.0 Å². The molecular formula is C32H31N3O6S. The summed E-state index contributed by atoms with van der Waals surface area (Å²) in [6, 6.07) is 15.8. The van der Waals surface area contributed by atoms with Crippen molar-refractivity contribution in [2.75, 3.05) is 20.8 Å². The lowest BCUT2D eigenvalue weighted by atomic mass is 9.96. The van der Waals surface area contributed by atoms with Gasteiger partial charge in [-0.15, -0.1) is 0 Å². The van der Waals surface area contributed by atoms with Gasteiger partial charge in [-0.2, -0.15) is 0 Å². The number of aromatic nitrogens is 2. The number of ether oxygens (including phenoxy) is 3. The highest BCUT2D eigenvalue weighted by Crippen LogP contribution is 2.31. The fourth-order valence-electron chi connectivity index (χ4n) is 5.26. The summed E-state index contributed by atoms with van der Waals surface area (Å²) in [6.07, 6.45) is 1.85. The standard InChI is InChI=1S/C32H31N3O6S/c1-7-41-31(38)27-19(3)33-32-35(28(27)21-11-13-25(39-5)14-12-21)29(36)26(42-32)17-23-15-18(2)34(20(23)4)24-10-8-9-22(16-24)30(37)40-6/h8-17,28H,7H2,1-6H3/b26-17-. The predicted octanol–water partition coefficient (Wildman–Crippen LogP) is 4.00. The molecule has 0 aliphatic carbocycles. The van der Waals surface area contributed by atoms with Crippen LogP contribution in [-0.4, -0.2) is 41.9 Å². The first kappa shape index (κ1) is 28.8. The van der Waals surface area contributed by atoms with Crippen molar-refractivity contribution in [2.45, 2.75) is 33.7 Å². The van der Waals surface area contributed by atoms with Crippen molar-refractivity contribution in [3.63, 3.8) is 0 Å². The number of carbonyl (C=O) groups is 2. The maximum Gasteiger partial charge on any atom is 0.338 e. The molecule has 2 aromatic carbocycles. The minimum Gasteiger partial charge on any atom is -0.497 e. The van der Waals surface area contributed by atoms with E-state index in [9.17, 15) is 14.4 Å². The van der Waals surface area contributed by atoms with E-state index >= 15 is 0 Å². The van der Waals surface area contributed by atoms with Gasteiger partial charge in [0.15, 0.2) is 4.80 Å². The number of hydrogen-bond acceptors (Lipinski definition) is 8. The van der Waals surface area contributed by atoms with E-state index in [0.717, 1.165) is 28.2 Å². The third-order valence-corrected chi connectivity index (χ3v) is 8.21. The lowest BCUT2D eigenvalue weighted by molar-refractivity contribution is -0.139. The minimum atomic E-state index is -0.707. The Morgan fingerprint density at radius 2 is 1.76 bits per heavy atom. The van der Waals surface area contributed by atoms with Crippen molar-refractivity contribution in [2.24, 2.45) is 4.99 Å². The van der Waals surface area contributed by atoms with Gasteiger partial charge in [0.25, 0.3) is 5.56 Å². The molecule has 2 aromatic heterocycles. The van der Waals surface area contributed by atoms with E-state index in [2.05, 4.69) is 4.99 Å². The average Bonchev–Trinajstić information content (AvgIpc) is 3.45. The molecule has 0 spiro atoms. The van der Waals surface area contributed by atoms with Gasteiger partial charge in [0.05, 0.1) is 48.2 Å². The zero-order chi connectivity index (χ0) is 30.1. The highest BCUT2D eigenvalue weighted by Gasteiger charge is 2.33. The number of carbonyl (C=O) groups excluding carboxylic acids is 2. The Morgan fingerprint density at radius 3 is 2.43 bits per heavy atom. The second kappa shape index (κ2) is 11.7. The summed E-state index contributed by atoms with van der Waals surface area (Å²) >= 11 is 1.27. The van der Waals surface area contributed by atoms with E-state index in [1.54, 1.807) is 55.9 Å². The molecule has 0 fully saturated rings. The number of fused-ring (bicyclic) bond motifs is 1. The molecule has 0 N–H and O–H groups in total. The summed E-state index contributed by atoms with van der Waals surface area (Å²) in [6.45, 7) is 7.64. The number of thiazole rings is 1. The maximum absolute atomic E-state index is 14.0. The van der Waals surface area contributed by atoms with Crippen molar-refractivity contribution in [3.05, 3.63) is 114 Å². The summed E-state index contributed by atoms with van der Waals surface area (Å²) in [5, 5.41) is 0. The average molecular weight is 586 g/mol. The van der Waals surface area contributed by atoms with Gasteiger partial charge in [0.1, 0.15) is 5.75 Å². The van der Waals surface area contributed by atoms with E-state index in [-0.39, 0.29) is 12.2 Å². The number of benzene rings is 2. The molecule has 5 rings (SSSR count). The lowest BCUT2D eigenvalue weighted by Crippen LogP contribution is -2.39. The smallest absolute Gasteiger partial charge is 0.338 e. The third kappa shape index (κ3) is 5.09. The number of allylic oxidation sites excluding steroid dienone is 1. The quantitative estimate of drug-likeness (QED) is 0.304. The number of methoxy groups -OCH3 is 2. The Bertz CT molecular complexity index is 1910. The van der Waals surface area contributed by atoms with Gasteiger partial charge in [-0.25, -0.2) is 14.6 Å². The van der Waals surface area contributed by atoms with E-state index in [4.69, 9.17) is 14.2 Å². The highest BCUT2D eigenvalue weighted by molar-refractivity contribution is 7.07. The number of nitrogens with zero attached hydrogens (tertiary/aromatic N) is 3. The van der Waals surface area contributed by atoms with Crippen molar-refractivity contribution in [1.29, 1.82) is 0 Å². The Hall–Kier alpha value is -4.70. The summed E-state index contributed by atoms with van der Waals surface area (Å²) < 4.78 is 19.6. The number of esters is 2. The van der Waals surface area contributed by atoms with Crippen molar-refractivity contribution >= 4 is 29.4 Å².